The molecule has 1 unspecified atom stereocenters. The van der Waals surface area contributed by atoms with Crippen molar-refractivity contribution < 1.29 is 9.47 Å². The first-order valence-electron chi connectivity index (χ1n) is 6.08. The Morgan fingerprint density at radius 2 is 1.65 bits per heavy atom. The average molecular weight is 236 g/mol. The van der Waals surface area contributed by atoms with E-state index in [1.165, 1.54) is 11.1 Å². The normalized spacial score (nSPS) is 13.7. The third-order valence-electron chi connectivity index (χ3n) is 2.97. The molecule has 0 aliphatic rings. The van der Waals surface area contributed by atoms with Gasteiger partial charge in [0.05, 0.1) is 12.7 Å². The summed E-state index contributed by atoms with van der Waals surface area (Å²) in [6, 6.07) is 8.77. The van der Waals surface area contributed by atoms with E-state index in [9.17, 15) is 0 Å². The van der Waals surface area contributed by atoms with E-state index in [0.29, 0.717) is 6.61 Å². The topological polar surface area (TPSA) is 18.5 Å². The monoisotopic (exact) mass is 236 g/mol. The Labute approximate surface area is 105 Å². The molecule has 0 N–H and O–H groups in total. The van der Waals surface area contributed by atoms with Gasteiger partial charge < -0.3 is 9.47 Å². The second-order valence-corrected chi connectivity index (χ2v) is 5.46. The first-order valence-corrected chi connectivity index (χ1v) is 6.08. The van der Waals surface area contributed by atoms with Gasteiger partial charge in [-0.2, -0.15) is 0 Å². The van der Waals surface area contributed by atoms with Gasteiger partial charge in [-0.3, -0.25) is 0 Å². The van der Waals surface area contributed by atoms with E-state index in [2.05, 4.69) is 45.0 Å². The van der Waals surface area contributed by atoms with E-state index in [1.807, 2.05) is 0 Å². The van der Waals surface area contributed by atoms with Crippen molar-refractivity contribution >= 4 is 0 Å². The summed E-state index contributed by atoms with van der Waals surface area (Å²) in [4.78, 5) is 0. The van der Waals surface area contributed by atoms with Crippen molar-refractivity contribution in [1.82, 2.24) is 0 Å². The lowest BCUT2D eigenvalue weighted by atomic mass is 9.86. The lowest BCUT2D eigenvalue weighted by Gasteiger charge is -2.20. The van der Waals surface area contributed by atoms with Crippen LogP contribution in [0.2, 0.25) is 0 Å². The molecule has 2 heteroatoms. The number of rotatable bonds is 5. The second kappa shape index (κ2) is 6.18. The van der Waals surface area contributed by atoms with Crippen LogP contribution in [-0.2, 0) is 21.3 Å². The van der Waals surface area contributed by atoms with Gasteiger partial charge >= 0.3 is 0 Å². The van der Waals surface area contributed by atoms with Gasteiger partial charge in [-0.15, -0.1) is 0 Å². The quantitative estimate of drug-likeness (QED) is 0.781. The summed E-state index contributed by atoms with van der Waals surface area (Å²) in [5.74, 6) is 0. The van der Waals surface area contributed by atoms with Gasteiger partial charge in [0.25, 0.3) is 0 Å². The molecule has 96 valence electrons. The number of hydrogen-bond donors (Lipinski definition) is 0. The van der Waals surface area contributed by atoms with Crippen LogP contribution >= 0.6 is 0 Å². The molecule has 17 heavy (non-hydrogen) atoms. The van der Waals surface area contributed by atoms with Crippen molar-refractivity contribution in [2.24, 2.45) is 0 Å². The SMILES string of the molecule is COCC(Cc1ccc(C(C)(C)C)cc1)OC. The Bertz CT molecular complexity index is 322. The molecule has 0 spiro atoms. The van der Waals surface area contributed by atoms with Crippen molar-refractivity contribution in [1.29, 1.82) is 0 Å². The van der Waals surface area contributed by atoms with Crippen LogP contribution in [0, 0.1) is 0 Å². The Balaban J connectivity index is 2.68. The molecule has 0 bridgehead atoms. The largest absolute Gasteiger partial charge is 0.382 e. The molecule has 1 rings (SSSR count). The van der Waals surface area contributed by atoms with Crippen LogP contribution in [-0.4, -0.2) is 26.9 Å². The minimum absolute atomic E-state index is 0.139. The van der Waals surface area contributed by atoms with Crippen LogP contribution in [0.15, 0.2) is 24.3 Å². The van der Waals surface area contributed by atoms with Crippen LogP contribution in [0.1, 0.15) is 31.9 Å². The zero-order valence-corrected chi connectivity index (χ0v) is 11.6. The highest BCUT2D eigenvalue weighted by Crippen LogP contribution is 2.22. The number of methoxy groups -OCH3 is 2. The zero-order valence-electron chi connectivity index (χ0n) is 11.6. The van der Waals surface area contributed by atoms with Gasteiger partial charge in [-0.05, 0) is 16.5 Å². The molecule has 2 nitrogen and oxygen atoms in total. The standard InChI is InChI=1S/C15H24O2/c1-15(2,3)13-8-6-12(7-9-13)10-14(17-5)11-16-4/h6-9,14H,10-11H2,1-5H3. The van der Waals surface area contributed by atoms with E-state index >= 15 is 0 Å². The molecule has 0 heterocycles. The third kappa shape index (κ3) is 4.49. The summed E-state index contributed by atoms with van der Waals surface area (Å²) < 4.78 is 10.5. The highest BCUT2D eigenvalue weighted by Gasteiger charge is 2.13. The van der Waals surface area contributed by atoms with Crippen LogP contribution in [0.25, 0.3) is 0 Å². The van der Waals surface area contributed by atoms with Crippen molar-refractivity contribution in [3.63, 3.8) is 0 Å². The molecule has 0 aliphatic carbocycles. The first-order chi connectivity index (χ1) is 7.97. The second-order valence-electron chi connectivity index (χ2n) is 5.46. The average Bonchev–Trinajstić information content (AvgIpc) is 2.28. The number of hydrogen-bond acceptors (Lipinski definition) is 2. The van der Waals surface area contributed by atoms with Gasteiger partial charge in [0.2, 0.25) is 0 Å². The van der Waals surface area contributed by atoms with E-state index in [4.69, 9.17) is 9.47 Å². The molecule has 0 fully saturated rings. The molecule has 0 radical (unpaired) electrons. The molecule has 0 amide bonds. The fourth-order valence-electron chi connectivity index (χ4n) is 1.80. The summed E-state index contributed by atoms with van der Waals surface area (Å²) in [5, 5.41) is 0. The van der Waals surface area contributed by atoms with E-state index in [0.717, 1.165) is 6.42 Å². The Morgan fingerprint density at radius 3 is 2.06 bits per heavy atom. The maximum atomic E-state index is 5.37. The van der Waals surface area contributed by atoms with Gasteiger partial charge in [-0.1, -0.05) is 45.0 Å². The summed E-state index contributed by atoms with van der Waals surface area (Å²) in [7, 11) is 3.43. The van der Waals surface area contributed by atoms with Gasteiger partial charge in [0.15, 0.2) is 0 Å². The molecular formula is C15H24O2. The van der Waals surface area contributed by atoms with Crippen LogP contribution in [0.4, 0.5) is 0 Å². The molecular weight excluding hydrogens is 212 g/mol. The van der Waals surface area contributed by atoms with Gasteiger partial charge in [0.1, 0.15) is 0 Å². The highest BCUT2D eigenvalue weighted by atomic mass is 16.5. The van der Waals surface area contributed by atoms with Gasteiger partial charge in [-0.25, -0.2) is 0 Å². The smallest absolute Gasteiger partial charge is 0.0844 e. The molecule has 0 saturated heterocycles. The number of ether oxygens (including phenoxy) is 2. The predicted molar refractivity (Wildman–Crippen MR) is 71.5 cm³/mol. The van der Waals surface area contributed by atoms with E-state index < -0.39 is 0 Å². The molecule has 0 aliphatic heterocycles. The Kier molecular flexibility index (Phi) is 5.16. The summed E-state index contributed by atoms with van der Waals surface area (Å²) >= 11 is 0. The minimum Gasteiger partial charge on any atom is -0.382 e. The maximum absolute atomic E-state index is 5.37. The van der Waals surface area contributed by atoms with Crippen molar-refractivity contribution in [3.05, 3.63) is 35.4 Å². The maximum Gasteiger partial charge on any atom is 0.0844 e. The lowest BCUT2D eigenvalue weighted by Crippen LogP contribution is -2.20. The fourth-order valence-corrected chi connectivity index (χ4v) is 1.80. The van der Waals surface area contributed by atoms with Gasteiger partial charge in [0, 0.05) is 20.6 Å². The Morgan fingerprint density at radius 1 is 1.06 bits per heavy atom. The minimum atomic E-state index is 0.139. The Hall–Kier alpha value is -0.860. The predicted octanol–water partition coefficient (Wildman–Crippen LogP) is 3.19. The molecule has 0 saturated carbocycles. The van der Waals surface area contributed by atoms with Crippen LogP contribution in [0.3, 0.4) is 0 Å². The number of benzene rings is 1. The molecule has 1 aromatic carbocycles. The van der Waals surface area contributed by atoms with Crippen molar-refractivity contribution in [2.45, 2.75) is 38.7 Å². The molecule has 1 aromatic rings. The van der Waals surface area contributed by atoms with Crippen LogP contribution < -0.4 is 0 Å². The lowest BCUT2D eigenvalue weighted by molar-refractivity contribution is 0.0289. The summed E-state index contributed by atoms with van der Waals surface area (Å²) in [6.45, 7) is 7.32. The van der Waals surface area contributed by atoms with E-state index in [1.54, 1.807) is 14.2 Å². The fraction of sp³-hybridized carbons (Fsp3) is 0.600. The van der Waals surface area contributed by atoms with Crippen molar-refractivity contribution in [2.75, 3.05) is 20.8 Å². The summed E-state index contributed by atoms with van der Waals surface area (Å²) in [6.07, 6.45) is 1.04. The molecule has 0 aromatic heterocycles. The first kappa shape index (κ1) is 14.2. The third-order valence-corrected chi connectivity index (χ3v) is 2.97. The van der Waals surface area contributed by atoms with E-state index in [-0.39, 0.29) is 11.5 Å². The van der Waals surface area contributed by atoms with Crippen molar-refractivity contribution in [3.8, 4) is 0 Å². The zero-order chi connectivity index (χ0) is 12.9. The van der Waals surface area contributed by atoms with Crippen LogP contribution in [0.5, 0.6) is 0 Å². The highest BCUT2D eigenvalue weighted by molar-refractivity contribution is 5.27. The summed E-state index contributed by atoms with van der Waals surface area (Å²) in [5.41, 5.74) is 2.87. The molecule has 1 atom stereocenters.